The van der Waals surface area contributed by atoms with Crippen LogP contribution in [0.5, 0.6) is 0 Å². The smallest absolute Gasteiger partial charge is 0.253 e. The molecule has 4 heterocycles. The average molecular weight is 354 g/mol. The molecule has 0 unspecified atom stereocenters. The highest BCUT2D eigenvalue weighted by Crippen LogP contribution is 2.25. The summed E-state index contributed by atoms with van der Waals surface area (Å²) in [7, 11) is 0. The Morgan fingerprint density at radius 3 is 2.93 bits per heavy atom. The van der Waals surface area contributed by atoms with Crippen LogP contribution in [0.1, 0.15) is 27.3 Å². The van der Waals surface area contributed by atoms with E-state index in [2.05, 4.69) is 50.6 Å². The zero-order valence-electron chi connectivity index (χ0n) is 14.6. The molecule has 1 aliphatic rings. The van der Waals surface area contributed by atoms with Crippen LogP contribution in [0.2, 0.25) is 0 Å². The number of hydrogen-bond donors (Lipinski definition) is 3. The minimum absolute atomic E-state index is 0.00641. The van der Waals surface area contributed by atoms with Gasteiger partial charge in [0.1, 0.15) is 0 Å². The molecule has 5 nitrogen and oxygen atoms in total. The number of nitrogens with zero attached hydrogens (tertiary/aromatic N) is 1. The zero-order chi connectivity index (χ0) is 18.2. The first kappa shape index (κ1) is 15.6. The van der Waals surface area contributed by atoms with Crippen LogP contribution in [-0.2, 0) is 6.42 Å². The van der Waals surface area contributed by atoms with E-state index in [0.717, 1.165) is 45.7 Å². The van der Waals surface area contributed by atoms with Crippen LogP contribution in [-0.4, -0.2) is 27.4 Å². The van der Waals surface area contributed by atoms with Gasteiger partial charge in [-0.3, -0.25) is 9.78 Å². The Labute approximate surface area is 156 Å². The molecule has 0 aliphatic carbocycles. The quantitative estimate of drug-likeness (QED) is 0.520. The van der Waals surface area contributed by atoms with Crippen molar-refractivity contribution in [2.24, 2.45) is 0 Å². The Bertz CT molecular complexity index is 1180. The topological polar surface area (TPSA) is 73.6 Å². The number of nitrogens with one attached hydrogen (secondary N) is 3. The summed E-state index contributed by atoms with van der Waals surface area (Å²) in [6.45, 7) is 0.682. The first-order valence-electron chi connectivity index (χ1n) is 8.98. The van der Waals surface area contributed by atoms with Crippen molar-refractivity contribution >= 4 is 29.0 Å². The highest BCUT2D eigenvalue weighted by Gasteiger charge is 2.19. The van der Waals surface area contributed by atoms with Gasteiger partial charge in [0.05, 0.1) is 11.3 Å². The number of aromatic amines is 2. The number of hydrogen-bond acceptors (Lipinski definition) is 2. The number of carbonyl (C=O) groups is 1. The van der Waals surface area contributed by atoms with Crippen LogP contribution >= 0.6 is 0 Å². The second-order valence-corrected chi connectivity index (χ2v) is 6.71. The minimum atomic E-state index is -0.00641. The molecule has 0 saturated carbocycles. The van der Waals surface area contributed by atoms with Crippen molar-refractivity contribution < 1.29 is 4.79 Å². The van der Waals surface area contributed by atoms with E-state index >= 15 is 0 Å². The summed E-state index contributed by atoms with van der Waals surface area (Å²) >= 11 is 0. The molecule has 0 fully saturated rings. The minimum Gasteiger partial charge on any atom is -0.361 e. The van der Waals surface area contributed by atoms with Crippen molar-refractivity contribution in [1.29, 1.82) is 0 Å². The number of carbonyl (C=O) groups excluding carboxylic acids is 1. The van der Waals surface area contributed by atoms with Gasteiger partial charge in [-0.1, -0.05) is 12.1 Å². The molecule has 1 amide bonds. The van der Waals surface area contributed by atoms with E-state index in [4.69, 9.17) is 0 Å². The molecule has 0 atom stereocenters. The van der Waals surface area contributed by atoms with Crippen LogP contribution in [0.4, 0.5) is 0 Å². The number of pyridine rings is 1. The summed E-state index contributed by atoms with van der Waals surface area (Å²) in [6, 6.07) is 14.3. The molecule has 0 saturated heterocycles. The number of aromatic nitrogens is 3. The molecule has 132 valence electrons. The number of amides is 1. The third-order valence-electron chi connectivity index (χ3n) is 4.92. The molecule has 5 heteroatoms. The average Bonchev–Trinajstić information content (AvgIpc) is 3.34. The maximum Gasteiger partial charge on any atom is 0.253 e. The number of benzene rings is 1. The summed E-state index contributed by atoms with van der Waals surface area (Å²) in [6.07, 6.45) is 8.64. The van der Waals surface area contributed by atoms with Crippen molar-refractivity contribution in [1.82, 2.24) is 20.3 Å². The molecule has 1 aromatic carbocycles. The largest absolute Gasteiger partial charge is 0.361 e. The second kappa shape index (κ2) is 6.29. The Morgan fingerprint density at radius 1 is 1.04 bits per heavy atom. The Kier molecular flexibility index (Phi) is 3.64. The predicted octanol–water partition coefficient (Wildman–Crippen LogP) is 4.01. The predicted molar refractivity (Wildman–Crippen MR) is 107 cm³/mol. The fourth-order valence-corrected chi connectivity index (χ4v) is 3.51. The highest BCUT2D eigenvalue weighted by molar-refractivity contribution is 5.97. The summed E-state index contributed by atoms with van der Waals surface area (Å²) in [5.41, 5.74) is 6.84. The molecule has 27 heavy (non-hydrogen) atoms. The SMILES string of the molecule is O=C1NCCc2[nH]c(-c3ccnc(/C=C/c4ccc5[nH]ccc5c4)c3)cc21. The zero-order valence-corrected chi connectivity index (χ0v) is 14.6. The van der Waals surface area contributed by atoms with Crippen LogP contribution in [0, 0.1) is 0 Å². The maximum atomic E-state index is 12.0. The molecule has 1 aliphatic heterocycles. The standard InChI is InChI=1S/C22H18N4O/c27-22-18-13-21(26-20(18)7-10-25-22)16-5-8-23-17(12-16)3-1-14-2-4-19-15(11-14)6-9-24-19/h1-6,8-9,11-13,24,26H,7,10H2,(H,25,27)/b3-1+. The van der Waals surface area contributed by atoms with Gasteiger partial charge in [0.15, 0.2) is 0 Å². The van der Waals surface area contributed by atoms with E-state index < -0.39 is 0 Å². The maximum absolute atomic E-state index is 12.0. The molecule has 3 N–H and O–H groups in total. The molecule has 3 aromatic heterocycles. The molecule has 4 aromatic rings. The van der Waals surface area contributed by atoms with Crippen molar-refractivity contribution in [2.45, 2.75) is 6.42 Å². The van der Waals surface area contributed by atoms with Gasteiger partial charge < -0.3 is 15.3 Å². The van der Waals surface area contributed by atoms with Gasteiger partial charge in [0.2, 0.25) is 0 Å². The lowest BCUT2D eigenvalue weighted by Crippen LogP contribution is -2.31. The van der Waals surface area contributed by atoms with Crippen LogP contribution in [0.3, 0.4) is 0 Å². The summed E-state index contributed by atoms with van der Waals surface area (Å²) in [5, 5.41) is 4.07. The lowest BCUT2D eigenvalue weighted by atomic mass is 10.1. The lowest BCUT2D eigenvalue weighted by Gasteiger charge is -2.10. The van der Waals surface area contributed by atoms with Crippen molar-refractivity contribution in [3.63, 3.8) is 0 Å². The van der Waals surface area contributed by atoms with E-state index in [9.17, 15) is 4.79 Å². The van der Waals surface area contributed by atoms with Gasteiger partial charge in [0, 0.05) is 47.8 Å². The van der Waals surface area contributed by atoms with E-state index in [1.54, 1.807) is 6.20 Å². The fraction of sp³-hybridized carbons (Fsp3) is 0.0909. The van der Waals surface area contributed by atoms with Gasteiger partial charge >= 0.3 is 0 Å². The Morgan fingerprint density at radius 2 is 2.00 bits per heavy atom. The van der Waals surface area contributed by atoms with Gasteiger partial charge in [-0.25, -0.2) is 0 Å². The number of fused-ring (bicyclic) bond motifs is 2. The van der Waals surface area contributed by atoms with E-state index in [1.165, 1.54) is 5.39 Å². The third-order valence-corrected chi connectivity index (χ3v) is 4.92. The third kappa shape index (κ3) is 2.93. The number of H-pyrrole nitrogens is 2. The van der Waals surface area contributed by atoms with Crippen molar-refractivity contribution in [2.75, 3.05) is 6.54 Å². The van der Waals surface area contributed by atoms with E-state index in [0.29, 0.717) is 6.54 Å². The lowest BCUT2D eigenvalue weighted by molar-refractivity contribution is 0.0946. The molecule has 0 bridgehead atoms. The molecular formula is C22H18N4O. The highest BCUT2D eigenvalue weighted by atomic mass is 16.1. The molecular weight excluding hydrogens is 336 g/mol. The molecule has 0 radical (unpaired) electrons. The first-order chi connectivity index (χ1) is 13.3. The summed E-state index contributed by atoms with van der Waals surface area (Å²) in [4.78, 5) is 23.0. The summed E-state index contributed by atoms with van der Waals surface area (Å²) in [5.74, 6) is -0.00641. The van der Waals surface area contributed by atoms with Gasteiger partial charge in [-0.05, 0) is 53.4 Å². The Balaban J connectivity index is 1.44. The van der Waals surface area contributed by atoms with Crippen LogP contribution in [0.15, 0.2) is 54.9 Å². The fourth-order valence-electron chi connectivity index (χ4n) is 3.51. The normalized spacial score (nSPS) is 13.9. The summed E-state index contributed by atoms with van der Waals surface area (Å²) < 4.78 is 0. The monoisotopic (exact) mass is 354 g/mol. The second-order valence-electron chi connectivity index (χ2n) is 6.71. The van der Waals surface area contributed by atoms with Gasteiger partial charge in [-0.15, -0.1) is 0 Å². The van der Waals surface area contributed by atoms with Gasteiger partial charge in [0.25, 0.3) is 5.91 Å². The molecule has 0 spiro atoms. The number of rotatable bonds is 3. The Hall–Kier alpha value is -3.60. The van der Waals surface area contributed by atoms with Crippen LogP contribution < -0.4 is 5.32 Å². The van der Waals surface area contributed by atoms with E-state index in [-0.39, 0.29) is 5.91 Å². The first-order valence-corrected chi connectivity index (χ1v) is 8.98. The van der Waals surface area contributed by atoms with Crippen LogP contribution in [0.25, 0.3) is 34.3 Å². The van der Waals surface area contributed by atoms with Gasteiger partial charge in [-0.2, -0.15) is 0 Å². The van der Waals surface area contributed by atoms with Crippen molar-refractivity contribution in [3.05, 3.63) is 77.4 Å². The van der Waals surface area contributed by atoms with E-state index in [1.807, 2.05) is 30.5 Å². The molecule has 5 rings (SSSR count). The van der Waals surface area contributed by atoms with Crippen molar-refractivity contribution in [3.8, 4) is 11.3 Å².